The maximum absolute atomic E-state index is 6.10. The Morgan fingerprint density at radius 1 is 0.895 bits per heavy atom. The normalized spacial score (nSPS) is 26.5. The third-order valence-electron chi connectivity index (χ3n) is 3.32. The van der Waals surface area contributed by atoms with E-state index in [2.05, 4.69) is 41.6 Å². The highest BCUT2D eigenvalue weighted by atomic mass is 127. The van der Waals surface area contributed by atoms with Gasteiger partial charge in [0, 0.05) is 9.13 Å². The quantitative estimate of drug-likeness (QED) is 0.731. The monoisotopic (exact) mass is 366 g/mol. The van der Waals surface area contributed by atoms with Crippen LogP contribution in [-0.4, -0.2) is 6.10 Å². The summed E-state index contributed by atoms with van der Waals surface area (Å²) in [4.78, 5) is 0. The Morgan fingerprint density at radius 2 is 1.58 bits per heavy atom. The Hall–Kier alpha value is -0.910. The van der Waals surface area contributed by atoms with Crippen LogP contribution in [0.4, 0.5) is 0 Å². The molecule has 2 aromatic rings. The zero-order chi connectivity index (χ0) is 13.2. The summed E-state index contributed by atoms with van der Waals surface area (Å²) in [5.41, 5.74) is 2.27. The van der Waals surface area contributed by atoms with Gasteiger partial charge in [0.25, 0.3) is 0 Å². The fraction of sp³-hybridized carbons (Fsp3) is 0.250. The first-order valence-electron chi connectivity index (χ1n) is 6.36. The van der Waals surface area contributed by atoms with E-state index in [1.807, 2.05) is 42.5 Å². The molecule has 1 fully saturated rings. The lowest BCUT2D eigenvalue weighted by molar-refractivity contribution is -0.0677. The van der Waals surface area contributed by atoms with Crippen LogP contribution in [-0.2, 0) is 9.47 Å². The van der Waals surface area contributed by atoms with Gasteiger partial charge in [-0.25, -0.2) is 0 Å². The minimum absolute atomic E-state index is 0.00157. The lowest BCUT2D eigenvalue weighted by Gasteiger charge is -2.14. The van der Waals surface area contributed by atoms with Crippen LogP contribution in [0.5, 0.6) is 0 Å². The number of rotatable bonds is 2. The van der Waals surface area contributed by atoms with Crippen molar-refractivity contribution in [3.05, 3.63) is 69.3 Å². The van der Waals surface area contributed by atoms with E-state index < -0.39 is 0 Å². The van der Waals surface area contributed by atoms with Crippen molar-refractivity contribution < 1.29 is 9.47 Å². The molecule has 0 amide bonds. The average molecular weight is 366 g/mol. The zero-order valence-corrected chi connectivity index (χ0v) is 12.8. The largest absolute Gasteiger partial charge is 0.342 e. The van der Waals surface area contributed by atoms with Gasteiger partial charge in [-0.05, 0) is 41.1 Å². The van der Waals surface area contributed by atoms with Gasteiger partial charge in [0.2, 0.25) is 0 Å². The van der Waals surface area contributed by atoms with E-state index in [9.17, 15) is 0 Å². The Labute approximate surface area is 126 Å². The van der Waals surface area contributed by atoms with Gasteiger partial charge in [-0.15, -0.1) is 0 Å². The van der Waals surface area contributed by atoms with Crippen LogP contribution >= 0.6 is 22.6 Å². The minimum Gasteiger partial charge on any atom is -0.342 e. The summed E-state index contributed by atoms with van der Waals surface area (Å²) in [6.07, 6.45) is -0.211. The second-order valence-electron chi connectivity index (χ2n) is 4.66. The molecule has 0 aliphatic carbocycles. The molecule has 0 aromatic heterocycles. The first kappa shape index (κ1) is 13.1. The standard InChI is InChI=1S/C16H15IO2/c1-11-15(13-9-5-6-10-14(13)17)19-16(18-11)12-7-3-2-4-8-12/h2-11,15-16H,1H3/t11-,15+,16?/m1/s1. The molecule has 1 unspecified atom stereocenters. The lowest BCUT2D eigenvalue weighted by atomic mass is 10.1. The number of halogens is 1. The number of ether oxygens (including phenoxy) is 2. The first-order chi connectivity index (χ1) is 9.25. The molecule has 2 aromatic carbocycles. The highest BCUT2D eigenvalue weighted by Gasteiger charge is 2.35. The van der Waals surface area contributed by atoms with Gasteiger partial charge < -0.3 is 9.47 Å². The van der Waals surface area contributed by atoms with Crippen molar-refractivity contribution in [2.75, 3.05) is 0 Å². The minimum atomic E-state index is -0.266. The summed E-state index contributed by atoms with van der Waals surface area (Å²) in [6.45, 7) is 2.07. The molecular weight excluding hydrogens is 351 g/mol. The van der Waals surface area contributed by atoms with E-state index in [1.165, 1.54) is 9.13 Å². The van der Waals surface area contributed by atoms with Crippen molar-refractivity contribution in [3.8, 4) is 0 Å². The molecule has 3 heteroatoms. The molecule has 0 bridgehead atoms. The van der Waals surface area contributed by atoms with Crippen LogP contribution in [0, 0.1) is 3.57 Å². The highest BCUT2D eigenvalue weighted by Crippen LogP contribution is 2.40. The third kappa shape index (κ3) is 2.68. The maximum Gasteiger partial charge on any atom is 0.185 e. The van der Waals surface area contributed by atoms with E-state index in [0.29, 0.717) is 0 Å². The van der Waals surface area contributed by atoms with Crippen LogP contribution in [0.1, 0.15) is 30.4 Å². The predicted molar refractivity (Wildman–Crippen MR) is 82.7 cm³/mol. The summed E-state index contributed by atoms with van der Waals surface area (Å²) < 4.78 is 13.3. The molecule has 1 aliphatic rings. The number of hydrogen-bond acceptors (Lipinski definition) is 2. The van der Waals surface area contributed by atoms with Crippen LogP contribution in [0.15, 0.2) is 54.6 Å². The van der Waals surface area contributed by atoms with E-state index in [1.54, 1.807) is 0 Å². The van der Waals surface area contributed by atoms with Crippen molar-refractivity contribution in [1.29, 1.82) is 0 Å². The Balaban J connectivity index is 1.85. The summed E-state index contributed by atoms with van der Waals surface area (Å²) in [6, 6.07) is 18.4. The van der Waals surface area contributed by atoms with E-state index in [0.717, 1.165) is 5.56 Å². The zero-order valence-electron chi connectivity index (χ0n) is 10.6. The molecule has 1 aliphatic heterocycles. The molecule has 3 rings (SSSR count). The van der Waals surface area contributed by atoms with Crippen molar-refractivity contribution in [1.82, 2.24) is 0 Å². The molecule has 0 N–H and O–H groups in total. The van der Waals surface area contributed by atoms with Crippen LogP contribution < -0.4 is 0 Å². The fourth-order valence-corrected chi connectivity index (χ4v) is 3.04. The smallest absolute Gasteiger partial charge is 0.185 e. The summed E-state index contributed by atoms with van der Waals surface area (Å²) in [7, 11) is 0. The summed E-state index contributed by atoms with van der Waals surface area (Å²) in [5.74, 6) is 0. The molecular formula is C16H15IO2. The van der Waals surface area contributed by atoms with Gasteiger partial charge in [-0.1, -0.05) is 48.5 Å². The van der Waals surface area contributed by atoms with Crippen molar-refractivity contribution in [2.24, 2.45) is 0 Å². The molecule has 0 radical (unpaired) electrons. The predicted octanol–water partition coefficient (Wildman–Crippen LogP) is 4.47. The summed E-state index contributed by atoms with van der Waals surface area (Å²) in [5, 5.41) is 0. The molecule has 1 saturated heterocycles. The molecule has 19 heavy (non-hydrogen) atoms. The fourth-order valence-electron chi connectivity index (χ4n) is 2.34. The van der Waals surface area contributed by atoms with E-state index in [4.69, 9.17) is 9.47 Å². The van der Waals surface area contributed by atoms with E-state index in [-0.39, 0.29) is 18.5 Å². The Bertz CT molecular complexity index is 556. The maximum atomic E-state index is 6.10. The number of hydrogen-bond donors (Lipinski definition) is 0. The first-order valence-corrected chi connectivity index (χ1v) is 7.44. The second kappa shape index (κ2) is 5.61. The molecule has 0 saturated carbocycles. The second-order valence-corrected chi connectivity index (χ2v) is 5.82. The average Bonchev–Trinajstić information content (AvgIpc) is 2.82. The van der Waals surface area contributed by atoms with Gasteiger partial charge in [-0.3, -0.25) is 0 Å². The summed E-state index contributed by atoms with van der Waals surface area (Å²) >= 11 is 2.35. The molecule has 98 valence electrons. The molecule has 1 heterocycles. The Kier molecular flexibility index (Phi) is 3.86. The van der Waals surface area contributed by atoms with Crippen molar-refractivity contribution in [3.63, 3.8) is 0 Å². The topological polar surface area (TPSA) is 18.5 Å². The molecule has 3 atom stereocenters. The van der Waals surface area contributed by atoms with Gasteiger partial charge in [-0.2, -0.15) is 0 Å². The SMILES string of the molecule is C[C@H]1OC(c2ccccc2)O[C@@H]1c1ccccc1I. The van der Waals surface area contributed by atoms with Crippen LogP contribution in [0.25, 0.3) is 0 Å². The van der Waals surface area contributed by atoms with E-state index >= 15 is 0 Å². The van der Waals surface area contributed by atoms with Crippen LogP contribution in [0.3, 0.4) is 0 Å². The lowest BCUT2D eigenvalue weighted by Crippen LogP contribution is -2.11. The number of benzene rings is 2. The third-order valence-corrected chi connectivity index (χ3v) is 4.30. The Morgan fingerprint density at radius 3 is 2.32 bits per heavy atom. The van der Waals surface area contributed by atoms with Crippen molar-refractivity contribution in [2.45, 2.75) is 25.4 Å². The molecule has 2 nitrogen and oxygen atoms in total. The van der Waals surface area contributed by atoms with Gasteiger partial charge in [0.15, 0.2) is 6.29 Å². The van der Waals surface area contributed by atoms with Gasteiger partial charge >= 0.3 is 0 Å². The van der Waals surface area contributed by atoms with Crippen LogP contribution in [0.2, 0.25) is 0 Å². The van der Waals surface area contributed by atoms with Crippen molar-refractivity contribution >= 4 is 22.6 Å². The molecule has 0 spiro atoms. The van der Waals surface area contributed by atoms with Gasteiger partial charge in [0.1, 0.15) is 6.10 Å². The highest BCUT2D eigenvalue weighted by molar-refractivity contribution is 14.1. The van der Waals surface area contributed by atoms with Gasteiger partial charge in [0.05, 0.1) is 6.10 Å².